The molecule has 0 radical (unpaired) electrons. The van der Waals surface area contributed by atoms with E-state index < -0.39 is 24.1 Å². The molecule has 0 amide bonds. The molecule has 0 spiro atoms. The van der Waals surface area contributed by atoms with Crippen LogP contribution in [0.3, 0.4) is 0 Å². The van der Waals surface area contributed by atoms with Crippen LogP contribution in [0.5, 0.6) is 0 Å². The van der Waals surface area contributed by atoms with E-state index in [-0.39, 0.29) is 0 Å². The summed E-state index contributed by atoms with van der Waals surface area (Å²) in [5.41, 5.74) is 1.38. The van der Waals surface area contributed by atoms with Crippen LogP contribution in [0.1, 0.15) is 0 Å². The van der Waals surface area contributed by atoms with Crippen molar-refractivity contribution in [3.63, 3.8) is 0 Å². The van der Waals surface area contributed by atoms with Crippen molar-refractivity contribution >= 4 is 60.9 Å². The number of fused-ring (bicyclic) bond motifs is 4. The Kier molecular flexibility index (Phi) is 3.14. The first-order chi connectivity index (χ1) is 11.9. The first kappa shape index (κ1) is 15.7. The van der Waals surface area contributed by atoms with Gasteiger partial charge in [-0.2, -0.15) is 0 Å². The summed E-state index contributed by atoms with van der Waals surface area (Å²) in [5.74, 6) is 0. The minimum Gasteiger partial charge on any atom is -0.256 e. The van der Waals surface area contributed by atoms with Gasteiger partial charge in [-0.15, -0.1) is 0 Å². The van der Waals surface area contributed by atoms with Gasteiger partial charge in [-0.05, 0) is 37.4 Å². The van der Waals surface area contributed by atoms with Gasteiger partial charge in [-0.25, -0.2) is 0 Å². The molecule has 5 rings (SSSR count). The van der Waals surface area contributed by atoms with Crippen LogP contribution in [-0.2, 0) is 0 Å². The lowest BCUT2D eigenvalue weighted by Crippen LogP contribution is -2.76. The molecule has 4 heteroatoms. The Morgan fingerprint density at radius 1 is 0.680 bits per heavy atom. The number of rotatable bonds is 0. The summed E-state index contributed by atoms with van der Waals surface area (Å²) in [6.45, 7) is 10.1. The topological polar surface area (TPSA) is 12.9 Å². The summed E-state index contributed by atoms with van der Waals surface area (Å²) in [6.07, 6.45) is 2.00. The maximum atomic E-state index is 4.97. The Morgan fingerprint density at radius 2 is 1.28 bits per heavy atom. The summed E-state index contributed by atoms with van der Waals surface area (Å²) < 4.78 is 0. The highest BCUT2D eigenvalue weighted by Crippen LogP contribution is 2.36. The zero-order valence-corrected chi connectivity index (χ0v) is 18.1. The van der Waals surface area contributed by atoms with Crippen molar-refractivity contribution in [1.82, 2.24) is 4.98 Å². The van der Waals surface area contributed by atoms with Gasteiger partial charge >= 0.3 is 0 Å². The van der Waals surface area contributed by atoms with Gasteiger partial charge in [0.2, 0.25) is 0 Å². The molecule has 0 saturated heterocycles. The highest BCUT2D eigenvalue weighted by atomic mass is 31.1. The third kappa shape index (κ3) is 1.89. The summed E-state index contributed by atoms with van der Waals surface area (Å²) >= 11 is 0. The molecular weight excluding hydrogens is 353 g/mol. The molecule has 0 saturated carbocycles. The quantitative estimate of drug-likeness (QED) is 0.424. The third-order valence-corrected chi connectivity index (χ3v) is 16.6. The lowest BCUT2D eigenvalue weighted by atomic mass is 10.3. The van der Waals surface area contributed by atoms with Crippen molar-refractivity contribution in [2.24, 2.45) is 0 Å². The van der Waals surface area contributed by atoms with Crippen molar-refractivity contribution in [2.45, 2.75) is 26.2 Å². The van der Waals surface area contributed by atoms with Crippen molar-refractivity contribution in [1.29, 1.82) is 0 Å². The molecule has 0 N–H and O–H groups in total. The van der Waals surface area contributed by atoms with E-state index in [4.69, 9.17) is 4.98 Å². The van der Waals surface area contributed by atoms with E-state index >= 15 is 0 Å². The maximum absolute atomic E-state index is 4.97. The molecule has 0 aliphatic carbocycles. The fourth-order valence-electron chi connectivity index (χ4n) is 4.68. The van der Waals surface area contributed by atoms with Crippen LogP contribution in [0.4, 0.5) is 0 Å². The number of aromatic nitrogens is 1. The first-order valence-electron chi connectivity index (χ1n) is 8.93. The second-order valence-corrected chi connectivity index (χ2v) is 18.9. The molecule has 3 aromatic rings. The summed E-state index contributed by atoms with van der Waals surface area (Å²) in [6, 6.07) is 20.9. The smallest absolute Gasteiger partial charge is 0.115 e. The van der Waals surface area contributed by atoms with Crippen molar-refractivity contribution < 1.29 is 0 Å². The van der Waals surface area contributed by atoms with Gasteiger partial charge in [0.05, 0.1) is 5.44 Å². The van der Waals surface area contributed by atoms with Gasteiger partial charge in [-0.3, -0.25) is 4.98 Å². The van der Waals surface area contributed by atoms with Crippen LogP contribution in [0, 0.1) is 0 Å². The highest BCUT2D eigenvalue weighted by molar-refractivity contribution is 7.83. The normalized spacial score (nSPS) is 21.0. The zero-order chi connectivity index (χ0) is 17.4. The molecule has 1 aromatic heterocycles. The van der Waals surface area contributed by atoms with Crippen LogP contribution in [0.25, 0.3) is 0 Å². The minimum absolute atomic E-state index is 0.510. The van der Waals surface area contributed by atoms with Gasteiger partial charge in [0, 0.05) is 14.1 Å². The van der Waals surface area contributed by atoms with E-state index in [0.29, 0.717) is 0 Å². The lowest BCUT2D eigenvalue weighted by Gasteiger charge is -2.45. The molecule has 2 aliphatic heterocycles. The number of hydrogen-bond acceptors (Lipinski definition) is 1. The molecule has 1 unspecified atom stereocenters. The van der Waals surface area contributed by atoms with Crippen molar-refractivity contribution in [3.05, 3.63) is 60.8 Å². The van der Waals surface area contributed by atoms with Gasteiger partial charge in [0.25, 0.3) is 0 Å². The van der Waals surface area contributed by atoms with Gasteiger partial charge < -0.3 is 0 Å². The third-order valence-electron chi connectivity index (χ3n) is 6.10. The molecule has 25 heavy (non-hydrogen) atoms. The maximum Gasteiger partial charge on any atom is 0.115 e. The Labute approximate surface area is 152 Å². The van der Waals surface area contributed by atoms with E-state index in [2.05, 4.69) is 80.8 Å². The molecule has 0 fully saturated rings. The molecule has 0 bridgehead atoms. The predicted molar refractivity (Wildman–Crippen MR) is 116 cm³/mol. The second-order valence-electron chi connectivity index (χ2n) is 8.18. The van der Waals surface area contributed by atoms with E-state index in [0.717, 1.165) is 0 Å². The lowest BCUT2D eigenvalue weighted by molar-refractivity contribution is 1.40. The zero-order valence-electron chi connectivity index (χ0n) is 15.2. The molecular formula is C21H22NPSi2. The van der Waals surface area contributed by atoms with Crippen LogP contribution >= 0.6 is 7.92 Å². The van der Waals surface area contributed by atoms with E-state index in [1.807, 2.05) is 6.20 Å². The summed E-state index contributed by atoms with van der Waals surface area (Å²) in [5, 5.41) is 9.72. The largest absolute Gasteiger partial charge is 0.256 e. The summed E-state index contributed by atoms with van der Waals surface area (Å²) in [4.78, 5) is 4.97. The standard InChI is InChI=1S/C21H22NPSi2/c1-24(2)16-10-6-5-9-15(16)23-20-17(24)11-7-12-18(20)25(3,4)19-13-8-14-22-21(19)23/h5-14H,1-4H3. The van der Waals surface area contributed by atoms with Crippen molar-refractivity contribution in [2.75, 3.05) is 0 Å². The van der Waals surface area contributed by atoms with Crippen LogP contribution in [0.15, 0.2) is 60.8 Å². The number of hydrogen-bond donors (Lipinski definition) is 0. The molecule has 3 heterocycles. The Morgan fingerprint density at radius 3 is 2.04 bits per heavy atom. The molecule has 124 valence electrons. The summed E-state index contributed by atoms with van der Waals surface area (Å²) in [7, 11) is -3.87. The van der Waals surface area contributed by atoms with E-state index in [9.17, 15) is 0 Å². The fourth-order valence-corrected chi connectivity index (χ4v) is 17.3. The van der Waals surface area contributed by atoms with Gasteiger partial charge in [0.15, 0.2) is 0 Å². The Hall–Kier alpha value is -1.55. The number of nitrogens with zero attached hydrogens (tertiary/aromatic N) is 1. The second kappa shape index (κ2) is 5.00. The number of pyridine rings is 1. The average molecular weight is 376 g/mol. The monoisotopic (exact) mass is 375 g/mol. The van der Waals surface area contributed by atoms with Crippen LogP contribution in [-0.4, -0.2) is 21.1 Å². The van der Waals surface area contributed by atoms with Crippen LogP contribution < -0.4 is 36.8 Å². The van der Waals surface area contributed by atoms with E-state index in [1.54, 1.807) is 31.4 Å². The van der Waals surface area contributed by atoms with E-state index in [1.165, 1.54) is 5.44 Å². The molecule has 2 aliphatic rings. The highest BCUT2D eigenvalue weighted by Gasteiger charge is 2.47. The number of benzene rings is 2. The molecule has 1 nitrogen and oxygen atoms in total. The predicted octanol–water partition coefficient (Wildman–Crippen LogP) is 1.11. The van der Waals surface area contributed by atoms with Gasteiger partial charge in [-0.1, -0.05) is 74.7 Å². The van der Waals surface area contributed by atoms with Gasteiger partial charge in [0.1, 0.15) is 16.1 Å². The minimum atomic E-state index is -1.70. The molecule has 1 atom stereocenters. The Balaban J connectivity index is 1.97. The van der Waals surface area contributed by atoms with Crippen LogP contribution in [0.2, 0.25) is 26.2 Å². The molecule has 2 aromatic carbocycles. The average Bonchev–Trinajstić information content (AvgIpc) is 2.61. The fraction of sp³-hybridized carbons (Fsp3) is 0.190. The van der Waals surface area contributed by atoms with Crippen molar-refractivity contribution in [3.8, 4) is 0 Å². The Bertz CT molecular complexity index is 948. The SMILES string of the molecule is C[Si]1(C)c2ccccc2P2c3ncccc3[Si](C)(C)c3cccc1c32. The first-order valence-corrected chi connectivity index (χ1v) is 16.3.